The first-order valence-electron chi connectivity index (χ1n) is 10.2. The van der Waals surface area contributed by atoms with Crippen molar-refractivity contribution < 1.29 is 13.2 Å². The summed E-state index contributed by atoms with van der Waals surface area (Å²) in [7, 11) is 0. The second kappa shape index (κ2) is 9.38. The molecular weight excluding hydrogens is 347 g/mol. The molecule has 27 heavy (non-hydrogen) atoms. The van der Waals surface area contributed by atoms with E-state index in [0.29, 0.717) is 18.8 Å². The van der Waals surface area contributed by atoms with Gasteiger partial charge in [-0.1, -0.05) is 50.5 Å². The van der Waals surface area contributed by atoms with Crippen molar-refractivity contribution >= 4 is 0 Å². The van der Waals surface area contributed by atoms with Gasteiger partial charge >= 0.3 is 0 Å². The van der Waals surface area contributed by atoms with Gasteiger partial charge in [0.2, 0.25) is 5.95 Å². The third-order valence-electron chi connectivity index (χ3n) is 5.91. The third kappa shape index (κ3) is 5.33. The highest BCUT2D eigenvalue weighted by Gasteiger charge is 2.21. The molecule has 1 aromatic carbocycles. The molecule has 0 atom stereocenters. The van der Waals surface area contributed by atoms with E-state index in [4.69, 9.17) is 0 Å². The van der Waals surface area contributed by atoms with Crippen LogP contribution in [0.5, 0.6) is 0 Å². The van der Waals surface area contributed by atoms with E-state index >= 15 is 0 Å². The van der Waals surface area contributed by atoms with Gasteiger partial charge in [0, 0.05) is 5.56 Å². The molecule has 0 unspecified atom stereocenters. The predicted octanol–water partition coefficient (Wildman–Crippen LogP) is 6.75. The molecule has 1 nitrogen and oxygen atoms in total. The lowest BCUT2D eigenvalue weighted by atomic mass is 9.77. The molecule has 0 saturated heterocycles. The summed E-state index contributed by atoms with van der Waals surface area (Å²) in [6, 6.07) is 9.40. The number of halogens is 3. The van der Waals surface area contributed by atoms with Crippen LogP contribution >= 0.6 is 0 Å². The normalized spacial score (nSPS) is 20.0. The van der Waals surface area contributed by atoms with Crippen LogP contribution in [0.3, 0.4) is 0 Å². The van der Waals surface area contributed by atoms with Crippen molar-refractivity contribution in [2.45, 2.75) is 70.6 Å². The fourth-order valence-electron chi connectivity index (χ4n) is 4.17. The van der Waals surface area contributed by atoms with Gasteiger partial charge in [0.1, 0.15) is 0 Å². The number of hydrogen-bond acceptors (Lipinski definition) is 1. The van der Waals surface area contributed by atoms with Gasteiger partial charge in [0.15, 0.2) is 5.82 Å². The van der Waals surface area contributed by atoms with E-state index < -0.39 is 17.7 Å². The third-order valence-corrected chi connectivity index (χ3v) is 5.91. The molecule has 0 radical (unpaired) electrons. The van der Waals surface area contributed by atoms with Crippen LogP contribution in [0.25, 0.3) is 0 Å². The first-order valence-corrected chi connectivity index (χ1v) is 10.2. The monoisotopic (exact) mass is 375 g/mol. The molecule has 0 bridgehead atoms. The Bertz CT molecular complexity index is 734. The number of rotatable bonds is 7. The standard InChI is InChI=1S/C23H28F3N/c1-2-3-4-16-5-10-18(11-6-16)19-12-7-17(8-13-19)9-14-20-15-21(24)23(26)27-22(20)25/h7-8,12-13,15-16,18H,2-6,9-11,14H2,1H3/t16-,18-. The molecule has 2 aromatic rings. The Kier molecular flexibility index (Phi) is 6.92. The molecule has 1 saturated carbocycles. The minimum absolute atomic E-state index is 0.114. The van der Waals surface area contributed by atoms with Crippen LogP contribution in [0.4, 0.5) is 13.2 Å². The zero-order chi connectivity index (χ0) is 19.2. The smallest absolute Gasteiger partial charge is 0.202 e. The highest BCUT2D eigenvalue weighted by molar-refractivity contribution is 5.27. The number of pyridine rings is 1. The Balaban J connectivity index is 1.53. The highest BCUT2D eigenvalue weighted by Crippen LogP contribution is 2.37. The molecule has 0 N–H and O–H groups in total. The number of nitrogens with zero attached hydrogens (tertiary/aromatic N) is 1. The summed E-state index contributed by atoms with van der Waals surface area (Å²) in [6.45, 7) is 2.25. The Morgan fingerprint density at radius 2 is 1.63 bits per heavy atom. The summed E-state index contributed by atoms with van der Waals surface area (Å²) >= 11 is 0. The van der Waals surface area contributed by atoms with Crippen LogP contribution in [0.1, 0.15) is 74.5 Å². The van der Waals surface area contributed by atoms with Crippen LogP contribution in [-0.2, 0) is 12.8 Å². The van der Waals surface area contributed by atoms with E-state index in [-0.39, 0.29) is 5.56 Å². The molecule has 4 heteroatoms. The maximum atomic E-state index is 13.6. The van der Waals surface area contributed by atoms with Crippen molar-refractivity contribution in [3.8, 4) is 0 Å². The number of benzene rings is 1. The van der Waals surface area contributed by atoms with Crippen LogP contribution in [0.2, 0.25) is 0 Å². The Hall–Kier alpha value is -1.84. The number of aryl methyl sites for hydroxylation is 2. The van der Waals surface area contributed by atoms with E-state index in [9.17, 15) is 13.2 Å². The number of hydrogen-bond donors (Lipinski definition) is 0. The van der Waals surface area contributed by atoms with Crippen molar-refractivity contribution in [3.63, 3.8) is 0 Å². The van der Waals surface area contributed by atoms with E-state index in [0.717, 1.165) is 17.5 Å². The van der Waals surface area contributed by atoms with Crippen molar-refractivity contribution in [2.75, 3.05) is 0 Å². The van der Waals surface area contributed by atoms with Crippen molar-refractivity contribution in [1.82, 2.24) is 4.98 Å². The molecule has 1 heterocycles. The molecule has 146 valence electrons. The largest absolute Gasteiger partial charge is 0.251 e. The summed E-state index contributed by atoms with van der Waals surface area (Å²) in [4.78, 5) is 2.98. The zero-order valence-electron chi connectivity index (χ0n) is 16.0. The van der Waals surface area contributed by atoms with Crippen molar-refractivity contribution in [2.24, 2.45) is 5.92 Å². The lowest BCUT2D eigenvalue weighted by molar-refractivity contribution is 0.304. The number of unbranched alkanes of at least 4 members (excludes halogenated alkanes) is 1. The van der Waals surface area contributed by atoms with Crippen LogP contribution in [-0.4, -0.2) is 4.98 Å². The second-order valence-corrected chi connectivity index (χ2v) is 7.81. The fraction of sp³-hybridized carbons (Fsp3) is 0.522. The predicted molar refractivity (Wildman–Crippen MR) is 102 cm³/mol. The lowest BCUT2D eigenvalue weighted by Gasteiger charge is -2.29. The Morgan fingerprint density at radius 3 is 2.30 bits per heavy atom. The fourth-order valence-corrected chi connectivity index (χ4v) is 4.17. The molecule has 1 aromatic heterocycles. The van der Waals surface area contributed by atoms with Gasteiger partial charge in [-0.2, -0.15) is 13.8 Å². The number of aromatic nitrogens is 1. The van der Waals surface area contributed by atoms with Gasteiger partial charge in [-0.3, -0.25) is 0 Å². The van der Waals surface area contributed by atoms with Gasteiger partial charge in [-0.05, 0) is 67.6 Å². The van der Waals surface area contributed by atoms with Gasteiger partial charge in [0.05, 0.1) is 0 Å². The van der Waals surface area contributed by atoms with Gasteiger partial charge < -0.3 is 0 Å². The van der Waals surface area contributed by atoms with E-state index in [1.165, 1.54) is 50.5 Å². The molecule has 0 aliphatic heterocycles. The molecule has 0 amide bonds. The van der Waals surface area contributed by atoms with Gasteiger partial charge in [0.25, 0.3) is 5.95 Å². The topological polar surface area (TPSA) is 12.9 Å². The van der Waals surface area contributed by atoms with Crippen molar-refractivity contribution in [1.29, 1.82) is 0 Å². The first kappa shape index (κ1) is 19.9. The second-order valence-electron chi connectivity index (χ2n) is 7.81. The van der Waals surface area contributed by atoms with Crippen molar-refractivity contribution in [3.05, 3.63) is 64.7 Å². The maximum absolute atomic E-state index is 13.6. The summed E-state index contributed by atoms with van der Waals surface area (Å²) in [5.74, 6) is -1.86. The molecule has 1 fully saturated rings. The van der Waals surface area contributed by atoms with Crippen LogP contribution < -0.4 is 0 Å². The molecule has 1 aliphatic carbocycles. The Morgan fingerprint density at radius 1 is 0.926 bits per heavy atom. The van der Waals surface area contributed by atoms with Gasteiger partial charge in [-0.25, -0.2) is 4.39 Å². The molecular formula is C23H28F3N. The van der Waals surface area contributed by atoms with E-state index in [1.807, 2.05) is 0 Å². The minimum atomic E-state index is -1.38. The van der Waals surface area contributed by atoms with Gasteiger partial charge in [-0.15, -0.1) is 0 Å². The van der Waals surface area contributed by atoms with E-state index in [2.05, 4.69) is 36.2 Å². The first-order chi connectivity index (χ1) is 13.1. The summed E-state index contributed by atoms with van der Waals surface area (Å²) in [5, 5.41) is 0. The quantitative estimate of drug-likeness (QED) is 0.488. The van der Waals surface area contributed by atoms with Crippen LogP contribution in [0.15, 0.2) is 30.3 Å². The molecule has 0 spiro atoms. The highest BCUT2D eigenvalue weighted by atomic mass is 19.2. The maximum Gasteiger partial charge on any atom is 0.251 e. The summed E-state index contributed by atoms with van der Waals surface area (Å²) in [6.07, 6.45) is 10.1. The average molecular weight is 375 g/mol. The molecule has 1 aliphatic rings. The molecule has 3 rings (SSSR count). The Labute approximate surface area is 160 Å². The average Bonchev–Trinajstić information content (AvgIpc) is 2.69. The summed E-state index contributed by atoms with van der Waals surface area (Å²) < 4.78 is 39.8. The zero-order valence-corrected chi connectivity index (χ0v) is 16.0. The SMILES string of the molecule is CCCC[C@H]1CC[C@H](c2ccc(CCc3cc(F)c(F)nc3F)cc2)CC1. The van der Waals surface area contributed by atoms with E-state index in [1.54, 1.807) is 0 Å². The minimum Gasteiger partial charge on any atom is -0.202 e. The summed E-state index contributed by atoms with van der Waals surface area (Å²) in [5.41, 5.74) is 2.57. The lowest BCUT2D eigenvalue weighted by Crippen LogP contribution is -2.13. The van der Waals surface area contributed by atoms with Crippen LogP contribution in [0, 0.1) is 23.6 Å².